The van der Waals surface area contributed by atoms with Gasteiger partial charge in [-0.2, -0.15) is 0 Å². The van der Waals surface area contributed by atoms with Gasteiger partial charge in [-0.15, -0.1) is 0 Å². The average Bonchev–Trinajstić information content (AvgIpc) is 2.69. The largest absolute Gasteiger partial charge is 0.314 e. The van der Waals surface area contributed by atoms with Crippen LogP contribution in [0.3, 0.4) is 0 Å². The zero-order valence-corrected chi connectivity index (χ0v) is 13.2. The number of fused-ring (bicyclic) bond motifs is 2. The monoisotopic (exact) mass is 284 g/mol. The molecule has 1 saturated carbocycles. The second kappa shape index (κ2) is 5.73. The first kappa shape index (κ1) is 13.8. The molecular weight excluding hydrogens is 256 g/mol. The van der Waals surface area contributed by atoms with Gasteiger partial charge in [-0.1, -0.05) is 30.3 Å². The summed E-state index contributed by atoms with van der Waals surface area (Å²) in [4.78, 5) is 2.64. The maximum Gasteiger partial charge on any atom is 0.00988 e. The van der Waals surface area contributed by atoms with Gasteiger partial charge >= 0.3 is 0 Å². The molecule has 2 bridgehead atoms. The summed E-state index contributed by atoms with van der Waals surface area (Å²) in [5.74, 6) is 1.73. The van der Waals surface area contributed by atoms with Gasteiger partial charge in [0.05, 0.1) is 0 Å². The van der Waals surface area contributed by atoms with Crippen LogP contribution < -0.4 is 5.32 Å². The molecule has 0 aromatic heterocycles. The number of rotatable bonds is 4. The summed E-state index contributed by atoms with van der Waals surface area (Å²) in [6.45, 7) is 1.26. The lowest BCUT2D eigenvalue weighted by Gasteiger charge is -2.40. The summed E-state index contributed by atoms with van der Waals surface area (Å²) in [7, 11) is 2.34. The van der Waals surface area contributed by atoms with Crippen molar-refractivity contribution in [3.8, 4) is 0 Å². The number of benzene rings is 1. The van der Waals surface area contributed by atoms with Gasteiger partial charge in [0, 0.05) is 18.1 Å². The summed E-state index contributed by atoms with van der Waals surface area (Å²) < 4.78 is 0. The van der Waals surface area contributed by atoms with Crippen LogP contribution in [0.25, 0.3) is 0 Å². The van der Waals surface area contributed by atoms with Crippen LogP contribution in [0.1, 0.15) is 50.0 Å². The van der Waals surface area contributed by atoms with Crippen LogP contribution in [0.2, 0.25) is 0 Å². The van der Waals surface area contributed by atoms with Gasteiger partial charge in [0.25, 0.3) is 0 Å². The van der Waals surface area contributed by atoms with Crippen molar-refractivity contribution in [2.45, 2.75) is 62.6 Å². The van der Waals surface area contributed by atoms with Gasteiger partial charge in [0.1, 0.15) is 0 Å². The number of nitrogens with zero attached hydrogens (tertiary/aromatic N) is 1. The zero-order valence-electron chi connectivity index (χ0n) is 13.2. The van der Waals surface area contributed by atoms with E-state index in [0.29, 0.717) is 0 Å². The van der Waals surface area contributed by atoms with Crippen molar-refractivity contribution in [1.29, 1.82) is 0 Å². The van der Waals surface area contributed by atoms with Crippen molar-refractivity contribution in [3.05, 3.63) is 35.9 Å². The number of piperidine rings is 1. The van der Waals surface area contributed by atoms with Crippen LogP contribution in [0.5, 0.6) is 0 Å². The quantitative estimate of drug-likeness (QED) is 0.911. The lowest BCUT2D eigenvalue weighted by molar-refractivity contribution is 0.127. The third-order valence-corrected chi connectivity index (χ3v) is 6.30. The highest BCUT2D eigenvalue weighted by Crippen LogP contribution is 2.39. The van der Waals surface area contributed by atoms with E-state index in [-0.39, 0.29) is 0 Å². The number of hydrogen-bond acceptors (Lipinski definition) is 2. The molecule has 0 radical (unpaired) electrons. The van der Waals surface area contributed by atoms with E-state index in [9.17, 15) is 0 Å². The molecular formula is C19H28N2. The second-order valence-corrected chi connectivity index (χ2v) is 7.57. The van der Waals surface area contributed by atoms with E-state index in [0.717, 1.165) is 30.0 Å². The number of nitrogens with one attached hydrogen (secondary N) is 1. The summed E-state index contributed by atoms with van der Waals surface area (Å²) in [5, 5.41) is 3.85. The lowest BCUT2D eigenvalue weighted by atomic mass is 9.75. The Morgan fingerprint density at radius 3 is 2.33 bits per heavy atom. The molecule has 2 nitrogen and oxygen atoms in total. The van der Waals surface area contributed by atoms with Gasteiger partial charge in [-0.3, -0.25) is 0 Å². The first-order valence-corrected chi connectivity index (χ1v) is 8.80. The molecule has 0 amide bonds. The van der Waals surface area contributed by atoms with Crippen molar-refractivity contribution in [2.75, 3.05) is 13.6 Å². The summed E-state index contributed by atoms with van der Waals surface area (Å²) in [6.07, 6.45) is 8.41. The molecule has 1 aromatic carbocycles. The topological polar surface area (TPSA) is 15.3 Å². The molecule has 3 aliphatic rings. The Hall–Kier alpha value is -0.860. The third kappa shape index (κ3) is 2.76. The first-order chi connectivity index (χ1) is 10.3. The summed E-state index contributed by atoms with van der Waals surface area (Å²) in [6, 6.07) is 13.6. The standard InChI is InChI=1S/C19H28N2/c1-21-18-7-8-19(21)10-14(9-18)13-20-17-11-16(12-17)15-5-3-2-4-6-15/h2-6,14,16-20H,7-13H2,1H3. The van der Waals surface area contributed by atoms with E-state index in [2.05, 4.69) is 47.6 Å². The molecule has 114 valence electrons. The molecule has 2 aliphatic heterocycles. The highest BCUT2D eigenvalue weighted by molar-refractivity contribution is 5.22. The van der Waals surface area contributed by atoms with E-state index in [1.807, 2.05) is 0 Å². The van der Waals surface area contributed by atoms with Crippen LogP contribution in [-0.2, 0) is 0 Å². The number of hydrogen-bond donors (Lipinski definition) is 1. The van der Waals surface area contributed by atoms with Crippen molar-refractivity contribution >= 4 is 0 Å². The minimum atomic E-state index is 0.771. The highest BCUT2D eigenvalue weighted by atomic mass is 15.2. The van der Waals surface area contributed by atoms with E-state index < -0.39 is 0 Å². The van der Waals surface area contributed by atoms with Crippen molar-refractivity contribution in [2.24, 2.45) is 5.92 Å². The average molecular weight is 284 g/mol. The third-order valence-electron chi connectivity index (χ3n) is 6.30. The Kier molecular flexibility index (Phi) is 3.76. The minimum Gasteiger partial charge on any atom is -0.314 e. The summed E-state index contributed by atoms with van der Waals surface area (Å²) >= 11 is 0. The Balaban J connectivity index is 1.21. The molecule has 2 heteroatoms. The molecule has 1 N–H and O–H groups in total. The maximum absolute atomic E-state index is 3.85. The zero-order chi connectivity index (χ0) is 14.2. The maximum atomic E-state index is 3.85. The molecule has 0 spiro atoms. The van der Waals surface area contributed by atoms with E-state index in [4.69, 9.17) is 0 Å². The molecule has 3 fully saturated rings. The van der Waals surface area contributed by atoms with Gasteiger partial charge < -0.3 is 10.2 Å². The predicted molar refractivity (Wildman–Crippen MR) is 87.5 cm³/mol. The van der Waals surface area contributed by atoms with Crippen molar-refractivity contribution < 1.29 is 0 Å². The molecule has 21 heavy (non-hydrogen) atoms. The smallest absolute Gasteiger partial charge is 0.00988 e. The Labute approximate surface area is 128 Å². The van der Waals surface area contributed by atoms with Gasteiger partial charge in [0.15, 0.2) is 0 Å². The molecule has 1 aliphatic carbocycles. The predicted octanol–water partition coefficient (Wildman–Crippen LogP) is 3.40. The fraction of sp³-hybridized carbons (Fsp3) is 0.684. The van der Waals surface area contributed by atoms with Crippen LogP contribution in [0.4, 0.5) is 0 Å². The SMILES string of the molecule is CN1C2CCC1CC(CNC1CC(c3ccccc3)C1)C2. The Morgan fingerprint density at radius 2 is 1.67 bits per heavy atom. The Morgan fingerprint density at radius 1 is 1.00 bits per heavy atom. The molecule has 2 unspecified atom stereocenters. The van der Waals surface area contributed by atoms with E-state index in [1.165, 1.54) is 50.6 Å². The van der Waals surface area contributed by atoms with Crippen LogP contribution >= 0.6 is 0 Å². The highest BCUT2D eigenvalue weighted by Gasteiger charge is 2.38. The van der Waals surface area contributed by atoms with Gasteiger partial charge in [-0.25, -0.2) is 0 Å². The molecule has 2 heterocycles. The van der Waals surface area contributed by atoms with Crippen molar-refractivity contribution in [1.82, 2.24) is 10.2 Å². The first-order valence-electron chi connectivity index (χ1n) is 8.80. The van der Waals surface area contributed by atoms with Crippen LogP contribution in [-0.4, -0.2) is 36.6 Å². The fourth-order valence-electron chi connectivity index (χ4n) is 4.81. The molecule has 4 rings (SSSR count). The lowest BCUT2D eigenvalue weighted by Crippen LogP contribution is -2.46. The van der Waals surface area contributed by atoms with E-state index in [1.54, 1.807) is 0 Å². The van der Waals surface area contributed by atoms with E-state index >= 15 is 0 Å². The van der Waals surface area contributed by atoms with Crippen LogP contribution in [0.15, 0.2) is 30.3 Å². The Bertz CT molecular complexity index is 452. The second-order valence-electron chi connectivity index (χ2n) is 7.57. The molecule has 2 saturated heterocycles. The molecule has 1 aromatic rings. The molecule has 2 atom stereocenters. The normalized spacial score (nSPS) is 39.2. The summed E-state index contributed by atoms with van der Waals surface area (Å²) in [5.41, 5.74) is 1.54. The minimum absolute atomic E-state index is 0.771. The van der Waals surface area contributed by atoms with Crippen LogP contribution in [0, 0.1) is 5.92 Å². The fourth-order valence-corrected chi connectivity index (χ4v) is 4.81. The van der Waals surface area contributed by atoms with Gasteiger partial charge in [0.2, 0.25) is 0 Å². The van der Waals surface area contributed by atoms with Crippen molar-refractivity contribution in [3.63, 3.8) is 0 Å². The van der Waals surface area contributed by atoms with Gasteiger partial charge in [-0.05, 0) is 69.5 Å².